The highest BCUT2D eigenvalue weighted by Gasteiger charge is 2.09. The average Bonchev–Trinajstić information content (AvgIpc) is 2.75. The van der Waals surface area contributed by atoms with E-state index < -0.39 is 9.84 Å². The van der Waals surface area contributed by atoms with Crippen LogP contribution in [0.25, 0.3) is 0 Å². The van der Waals surface area contributed by atoms with Crippen LogP contribution in [0.4, 0.5) is 5.95 Å². The summed E-state index contributed by atoms with van der Waals surface area (Å²) in [6.45, 7) is 0.581. The van der Waals surface area contributed by atoms with Crippen molar-refractivity contribution in [2.75, 3.05) is 18.1 Å². The summed E-state index contributed by atoms with van der Waals surface area (Å²) in [6.07, 6.45) is 6.85. The van der Waals surface area contributed by atoms with Gasteiger partial charge in [-0.3, -0.25) is 0 Å². The highest BCUT2D eigenvalue weighted by Crippen LogP contribution is 2.06. The van der Waals surface area contributed by atoms with Crippen LogP contribution >= 0.6 is 0 Å². The van der Waals surface area contributed by atoms with Crippen molar-refractivity contribution in [1.29, 1.82) is 0 Å². The molecule has 2 heterocycles. The summed E-state index contributed by atoms with van der Waals surface area (Å²) in [6, 6.07) is 1.37. The standard InChI is InChI=1S/C11H15N5O2S/c1-16-8-7-12-9(16)3-5-13-11-14-6-4-10(15-11)19(2,17)18/h4,6-8H,3,5H2,1-2H3,(H,13,14,15). The molecule has 7 nitrogen and oxygen atoms in total. The molecule has 0 saturated heterocycles. The predicted octanol–water partition coefficient (Wildman–Crippen LogP) is 0.268. The highest BCUT2D eigenvalue weighted by molar-refractivity contribution is 7.90. The van der Waals surface area contributed by atoms with Crippen molar-refractivity contribution in [3.8, 4) is 0 Å². The Morgan fingerprint density at radius 1 is 1.32 bits per heavy atom. The van der Waals surface area contributed by atoms with Crippen molar-refractivity contribution in [2.24, 2.45) is 7.05 Å². The van der Waals surface area contributed by atoms with Crippen LogP contribution in [0.15, 0.2) is 29.7 Å². The molecule has 2 aromatic heterocycles. The molecule has 0 spiro atoms. The van der Waals surface area contributed by atoms with Gasteiger partial charge in [-0.15, -0.1) is 0 Å². The summed E-state index contributed by atoms with van der Waals surface area (Å²) in [5, 5.41) is 3.00. The Bertz CT molecular complexity index is 665. The Morgan fingerprint density at radius 3 is 2.74 bits per heavy atom. The Hall–Kier alpha value is -1.96. The van der Waals surface area contributed by atoms with Gasteiger partial charge in [-0.05, 0) is 6.07 Å². The van der Waals surface area contributed by atoms with E-state index in [-0.39, 0.29) is 5.03 Å². The van der Waals surface area contributed by atoms with Crippen LogP contribution in [-0.4, -0.2) is 40.7 Å². The minimum atomic E-state index is -3.31. The van der Waals surface area contributed by atoms with Crippen molar-refractivity contribution < 1.29 is 8.42 Å². The zero-order valence-corrected chi connectivity index (χ0v) is 11.6. The monoisotopic (exact) mass is 281 g/mol. The number of aryl methyl sites for hydroxylation is 1. The van der Waals surface area contributed by atoms with Gasteiger partial charge in [0.25, 0.3) is 0 Å². The van der Waals surface area contributed by atoms with E-state index in [1.165, 1.54) is 12.3 Å². The van der Waals surface area contributed by atoms with Crippen molar-refractivity contribution in [2.45, 2.75) is 11.4 Å². The molecule has 0 saturated carbocycles. The van der Waals surface area contributed by atoms with E-state index in [9.17, 15) is 8.42 Å². The molecule has 102 valence electrons. The van der Waals surface area contributed by atoms with Crippen molar-refractivity contribution in [3.05, 3.63) is 30.5 Å². The third-order valence-corrected chi connectivity index (χ3v) is 3.55. The number of aromatic nitrogens is 4. The van der Waals surface area contributed by atoms with Crippen LogP contribution in [0.5, 0.6) is 0 Å². The van der Waals surface area contributed by atoms with E-state index in [1.54, 1.807) is 6.20 Å². The molecule has 0 aliphatic heterocycles. The summed E-state index contributed by atoms with van der Waals surface area (Å²) in [4.78, 5) is 12.1. The largest absolute Gasteiger partial charge is 0.354 e. The fourth-order valence-corrected chi connectivity index (χ4v) is 2.12. The molecule has 0 aliphatic carbocycles. The van der Waals surface area contributed by atoms with Gasteiger partial charge in [0.2, 0.25) is 5.95 Å². The van der Waals surface area contributed by atoms with Gasteiger partial charge >= 0.3 is 0 Å². The third kappa shape index (κ3) is 3.50. The molecule has 0 unspecified atom stereocenters. The van der Waals surface area contributed by atoms with E-state index >= 15 is 0 Å². The Morgan fingerprint density at radius 2 is 2.11 bits per heavy atom. The molecule has 0 fully saturated rings. The van der Waals surface area contributed by atoms with E-state index in [4.69, 9.17) is 0 Å². The number of hydrogen-bond donors (Lipinski definition) is 1. The third-order valence-electron chi connectivity index (χ3n) is 2.56. The van der Waals surface area contributed by atoms with Gasteiger partial charge in [-0.25, -0.2) is 23.4 Å². The zero-order chi connectivity index (χ0) is 13.9. The summed E-state index contributed by atoms with van der Waals surface area (Å²) in [5.74, 6) is 1.24. The predicted molar refractivity (Wildman–Crippen MR) is 70.5 cm³/mol. The number of anilines is 1. The summed E-state index contributed by atoms with van der Waals surface area (Å²) >= 11 is 0. The van der Waals surface area contributed by atoms with E-state index in [0.717, 1.165) is 12.1 Å². The Balaban J connectivity index is 1.99. The molecule has 1 N–H and O–H groups in total. The Kier molecular flexibility index (Phi) is 3.79. The lowest BCUT2D eigenvalue weighted by molar-refractivity contribution is 0.598. The number of nitrogens with one attached hydrogen (secondary N) is 1. The van der Waals surface area contributed by atoms with Crippen molar-refractivity contribution >= 4 is 15.8 Å². The quantitative estimate of drug-likeness (QED) is 0.791. The molecular weight excluding hydrogens is 266 g/mol. The van der Waals surface area contributed by atoms with Gasteiger partial charge in [-0.2, -0.15) is 0 Å². The SMILES string of the molecule is Cn1ccnc1CCNc1nccc(S(C)(=O)=O)n1. The molecule has 0 aliphatic rings. The molecule has 8 heteroatoms. The lowest BCUT2D eigenvalue weighted by atomic mass is 10.4. The smallest absolute Gasteiger partial charge is 0.223 e. The normalized spacial score (nSPS) is 11.5. The second-order valence-corrected chi connectivity index (χ2v) is 6.08. The van der Waals surface area contributed by atoms with Crippen molar-refractivity contribution in [3.63, 3.8) is 0 Å². The molecule has 0 radical (unpaired) electrons. The van der Waals surface area contributed by atoms with Crippen LogP contribution < -0.4 is 5.32 Å². The van der Waals surface area contributed by atoms with Gasteiger partial charge in [0, 0.05) is 44.9 Å². The maximum Gasteiger partial charge on any atom is 0.223 e. The maximum atomic E-state index is 11.4. The number of rotatable bonds is 5. The first-order valence-corrected chi connectivity index (χ1v) is 7.59. The van der Waals surface area contributed by atoms with Crippen LogP contribution in [0.1, 0.15) is 5.82 Å². The molecule has 0 aromatic carbocycles. The first-order chi connectivity index (χ1) is 8.97. The minimum Gasteiger partial charge on any atom is -0.354 e. The maximum absolute atomic E-state index is 11.4. The van der Waals surface area contributed by atoms with Crippen LogP contribution in [0, 0.1) is 0 Å². The zero-order valence-electron chi connectivity index (χ0n) is 10.7. The lowest BCUT2D eigenvalue weighted by Gasteiger charge is -2.05. The van der Waals surface area contributed by atoms with Gasteiger partial charge in [0.1, 0.15) is 5.82 Å². The van der Waals surface area contributed by atoms with Crippen LogP contribution in [-0.2, 0) is 23.3 Å². The van der Waals surface area contributed by atoms with Crippen LogP contribution in [0.3, 0.4) is 0 Å². The van der Waals surface area contributed by atoms with Crippen LogP contribution in [0.2, 0.25) is 0 Å². The number of nitrogens with zero attached hydrogens (tertiary/aromatic N) is 4. The number of hydrogen-bond acceptors (Lipinski definition) is 6. The molecule has 0 amide bonds. The molecule has 0 bridgehead atoms. The van der Waals surface area contributed by atoms with E-state index in [0.29, 0.717) is 18.9 Å². The van der Waals surface area contributed by atoms with E-state index in [1.807, 2.05) is 17.8 Å². The van der Waals surface area contributed by atoms with Crippen molar-refractivity contribution in [1.82, 2.24) is 19.5 Å². The van der Waals surface area contributed by atoms with Gasteiger partial charge < -0.3 is 9.88 Å². The molecule has 2 aromatic rings. The highest BCUT2D eigenvalue weighted by atomic mass is 32.2. The molecule has 0 atom stereocenters. The van der Waals surface area contributed by atoms with Gasteiger partial charge in [0.15, 0.2) is 14.9 Å². The average molecular weight is 281 g/mol. The van der Waals surface area contributed by atoms with Gasteiger partial charge in [0.05, 0.1) is 0 Å². The first-order valence-electron chi connectivity index (χ1n) is 5.70. The Labute approximate surface area is 111 Å². The summed E-state index contributed by atoms with van der Waals surface area (Å²) in [7, 11) is -1.39. The number of imidazole rings is 1. The second-order valence-electron chi connectivity index (χ2n) is 4.12. The van der Waals surface area contributed by atoms with Gasteiger partial charge in [-0.1, -0.05) is 0 Å². The van der Waals surface area contributed by atoms with E-state index in [2.05, 4.69) is 20.3 Å². The fourth-order valence-electron chi connectivity index (χ4n) is 1.56. The summed E-state index contributed by atoms with van der Waals surface area (Å²) < 4.78 is 24.6. The molecule has 2 rings (SSSR count). The summed E-state index contributed by atoms with van der Waals surface area (Å²) in [5.41, 5.74) is 0. The molecule has 19 heavy (non-hydrogen) atoms. The minimum absolute atomic E-state index is 0.0157. The fraction of sp³-hybridized carbons (Fsp3) is 0.364. The second kappa shape index (κ2) is 5.35. The number of sulfone groups is 1. The first kappa shape index (κ1) is 13.5. The molecular formula is C11H15N5O2S. The topological polar surface area (TPSA) is 89.8 Å². The lowest BCUT2D eigenvalue weighted by Crippen LogP contribution is -2.12.